The molecule has 0 bridgehead atoms. The van der Waals surface area contributed by atoms with Gasteiger partial charge in [0.25, 0.3) is 0 Å². The van der Waals surface area contributed by atoms with Crippen molar-refractivity contribution in [1.29, 1.82) is 0 Å². The van der Waals surface area contributed by atoms with Crippen LogP contribution in [0.2, 0.25) is 5.02 Å². The van der Waals surface area contributed by atoms with Crippen LogP contribution in [0.4, 0.5) is 13.2 Å². The Hall–Kier alpha value is -1.57. The Labute approximate surface area is 154 Å². The summed E-state index contributed by atoms with van der Waals surface area (Å²) in [6.07, 6.45) is 5.08. The summed E-state index contributed by atoms with van der Waals surface area (Å²) in [5.74, 6) is 0. The minimum atomic E-state index is -4.40. The van der Waals surface area contributed by atoms with E-state index in [9.17, 15) is 13.2 Å². The van der Waals surface area contributed by atoms with E-state index in [0.29, 0.717) is 5.02 Å². The first-order valence-electron chi connectivity index (χ1n) is 7.56. The van der Waals surface area contributed by atoms with Crippen molar-refractivity contribution in [3.05, 3.63) is 70.5 Å². The molecule has 1 unspecified atom stereocenters. The highest BCUT2D eigenvalue weighted by Gasteiger charge is 2.44. The molecular weight excluding hydrogens is 371 g/mol. The first-order valence-corrected chi connectivity index (χ1v) is 8.71. The number of halogens is 4. The van der Waals surface area contributed by atoms with Gasteiger partial charge in [0.15, 0.2) is 0 Å². The highest BCUT2D eigenvalue weighted by molar-refractivity contribution is 8.01. The summed E-state index contributed by atoms with van der Waals surface area (Å²) in [4.78, 5) is 4.75. The van der Waals surface area contributed by atoms with Crippen LogP contribution in [0.15, 0.2) is 59.9 Å². The predicted molar refractivity (Wildman–Crippen MR) is 95.4 cm³/mol. The Balaban J connectivity index is 1.79. The zero-order chi connectivity index (χ0) is 18.2. The van der Waals surface area contributed by atoms with Gasteiger partial charge in [0.2, 0.25) is 0 Å². The summed E-state index contributed by atoms with van der Waals surface area (Å²) in [7, 11) is 3.38. The number of allylic oxidation sites excluding steroid dienone is 1. The maximum atomic E-state index is 13.6. The van der Waals surface area contributed by atoms with Crippen LogP contribution in [0.1, 0.15) is 11.6 Å². The molecule has 1 aromatic rings. The molecule has 0 saturated carbocycles. The highest BCUT2D eigenvalue weighted by Crippen LogP contribution is 2.42. The zero-order valence-electron chi connectivity index (χ0n) is 13.6. The quantitative estimate of drug-likeness (QED) is 0.674. The van der Waals surface area contributed by atoms with Crippen LogP contribution in [0.3, 0.4) is 0 Å². The fourth-order valence-corrected chi connectivity index (χ4v) is 3.91. The fourth-order valence-electron chi connectivity index (χ4n) is 2.80. The van der Waals surface area contributed by atoms with E-state index >= 15 is 0 Å². The number of likely N-dealkylation sites (N-methyl/N-ethyl adjacent to an activating group) is 1. The van der Waals surface area contributed by atoms with Crippen LogP contribution in [-0.4, -0.2) is 40.5 Å². The average Bonchev–Trinajstić information content (AvgIpc) is 2.89. The highest BCUT2D eigenvalue weighted by atomic mass is 35.5. The van der Waals surface area contributed by atoms with E-state index in [0.717, 1.165) is 16.9 Å². The number of alkyl halides is 3. The number of hydrogen-bond donors (Lipinski definition) is 0. The van der Waals surface area contributed by atoms with Gasteiger partial charge in [0, 0.05) is 35.6 Å². The van der Waals surface area contributed by atoms with Gasteiger partial charge < -0.3 is 9.80 Å². The second-order valence-corrected chi connectivity index (χ2v) is 7.51. The van der Waals surface area contributed by atoms with Crippen molar-refractivity contribution in [2.45, 2.75) is 18.4 Å². The molecule has 1 aromatic carbocycles. The Morgan fingerprint density at radius 3 is 2.48 bits per heavy atom. The molecule has 2 atom stereocenters. The third-order valence-electron chi connectivity index (χ3n) is 4.03. The summed E-state index contributed by atoms with van der Waals surface area (Å²) in [6, 6.07) is 4.06. The van der Waals surface area contributed by atoms with E-state index in [4.69, 9.17) is 11.6 Å². The van der Waals surface area contributed by atoms with Crippen molar-refractivity contribution >= 4 is 23.5 Å². The lowest BCUT2D eigenvalue weighted by atomic mass is 10.1. The summed E-state index contributed by atoms with van der Waals surface area (Å²) >= 11 is 6.88. The second-order valence-electron chi connectivity index (χ2n) is 5.84. The van der Waals surface area contributed by atoms with Gasteiger partial charge in [-0.2, -0.15) is 13.2 Å². The molecule has 0 amide bonds. The summed E-state index contributed by atoms with van der Waals surface area (Å²) < 4.78 is 42.1. The topological polar surface area (TPSA) is 9.72 Å². The van der Waals surface area contributed by atoms with Crippen molar-refractivity contribution in [3.63, 3.8) is 0 Å². The molecule has 8 heteroatoms. The monoisotopic (exact) mass is 387 g/mol. The SMILES string of the molecule is CN1C=CN2C=CC(SN(C)[C@H](c3ccc(Cl)cc3)C(F)(F)F)=CC12. The molecular formula is C17H17ClF3N3S. The van der Waals surface area contributed by atoms with Gasteiger partial charge in [-0.1, -0.05) is 23.7 Å². The standard InChI is InChI=1S/C17H17ClF3N3S/c1-22-9-10-24-8-7-14(11-15(22)24)25-23(2)16(17(19,20)21)12-3-5-13(18)6-4-12/h3-11,15-16H,1-2H3/t15?,16-/m1/s1. The van der Waals surface area contributed by atoms with E-state index in [1.165, 1.54) is 35.6 Å². The normalized spacial score (nSPS) is 20.9. The van der Waals surface area contributed by atoms with E-state index < -0.39 is 12.2 Å². The Bertz CT molecular complexity index is 715. The van der Waals surface area contributed by atoms with Crippen molar-refractivity contribution < 1.29 is 13.2 Å². The van der Waals surface area contributed by atoms with Crippen LogP contribution in [0.25, 0.3) is 0 Å². The maximum Gasteiger partial charge on any atom is 0.408 e. The molecule has 0 saturated heterocycles. The lowest BCUT2D eigenvalue weighted by Crippen LogP contribution is -2.34. The van der Waals surface area contributed by atoms with Crippen LogP contribution in [0, 0.1) is 0 Å². The van der Waals surface area contributed by atoms with Gasteiger partial charge in [-0.25, -0.2) is 4.31 Å². The first kappa shape index (κ1) is 18.2. The molecule has 2 aliphatic heterocycles. The summed E-state index contributed by atoms with van der Waals surface area (Å²) in [5, 5.41) is 0.412. The molecule has 25 heavy (non-hydrogen) atoms. The maximum absolute atomic E-state index is 13.6. The first-order chi connectivity index (χ1) is 11.8. The minimum absolute atomic E-state index is 0.000712. The smallest absolute Gasteiger partial charge is 0.356 e. The van der Waals surface area contributed by atoms with Crippen molar-refractivity contribution in [3.8, 4) is 0 Å². The van der Waals surface area contributed by atoms with Crippen LogP contribution in [0.5, 0.6) is 0 Å². The molecule has 0 radical (unpaired) electrons. The van der Waals surface area contributed by atoms with Crippen LogP contribution in [-0.2, 0) is 0 Å². The largest absolute Gasteiger partial charge is 0.408 e. The molecule has 0 fully saturated rings. The average molecular weight is 388 g/mol. The van der Waals surface area contributed by atoms with Gasteiger partial charge in [0.1, 0.15) is 12.2 Å². The van der Waals surface area contributed by atoms with E-state index in [-0.39, 0.29) is 11.7 Å². The zero-order valence-corrected chi connectivity index (χ0v) is 15.2. The van der Waals surface area contributed by atoms with Gasteiger partial charge in [-0.15, -0.1) is 0 Å². The minimum Gasteiger partial charge on any atom is -0.356 e. The van der Waals surface area contributed by atoms with Gasteiger partial charge in [-0.3, -0.25) is 0 Å². The van der Waals surface area contributed by atoms with Crippen LogP contribution < -0.4 is 0 Å². The van der Waals surface area contributed by atoms with Crippen LogP contribution >= 0.6 is 23.5 Å². The van der Waals surface area contributed by atoms with Gasteiger partial charge >= 0.3 is 6.18 Å². The second kappa shape index (κ2) is 6.97. The van der Waals surface area contributed by atoms with E-state index in [2.05, 4.69) is 0 Å². The molecule has 2 heterocycles. The van der Waals surface area contributed by atoms with Crippen molar-refractivity contribution in [2.75, 3.05) is 14.1 Å². The molecule has 2 aliphatic rings. The van der Waals surface area contributed by atoms with Crippen molar-refractivity contribution in [1.82, 2.24) is 14.1 Å². The Kier molecular flexibility index (Phi) is 5.09. The summed E-state index contributed by atoms with van der Waals surface area (Å²) in [6.45, 7) is 0. The molecule has 3 nitrogen and oxygen atoms in total. The van der Waals surface area contributed by atoms with Gasteiger partial charge in [-0.05, 0) is 48.8 Å². The Morgan fingerprint density at radius 1 is 1.16 bits per heavy atom. The lowest BCUT2D eigenvalue weighted by Gasteiger charge is -2.32. The predicted octanol–water partition coefficient (Wildman–Crippen LogP) is 4.98. The Morgan fingerprint density at radius 2 is 1.84 bits per heavy atom. The number of benzene rings is 1. The molecule has 0 aromatic heterocycles. The number of hydrogen-bond acceptors (Lipinski definition) is 4. The fraction of sp³-hybridized carbons (Fsp3) is 0.294. The van der Waals surface area contributed by atoms with E-state index in [1.54, 1.807) is 0 Å². The summed E-state index contributed by atoms with van der Waals surface area (Å²) in [5.41, 5.74) is 0.161. The lowest BCUT2D eigenvalue weighted by molar-refractivity contribution is -0.169. The third kappa shape index (κ3) is 3.99. The number of fused-ring (bicyclic) bond motifs is 1. The third-order valence-corrected chi connectivity index (χ3v) is 5.26. The molecule has 134 valence electrons. The molecule has 0 N–H and O–H groups in total. The number of nitrogens with zero attached hydrogens (tertiary/aromatic N) is 3. The molecule has 0 aliphatic carbocycles. The molecule has 3 rings (SSSR count). The van der Waals surface area contributed by atoms with Crippen molar-refractivity contribution in [2.24, 2.45) is 0 Å². The van der Waals surface area contributed by atoms with E-state index in [1.807, 2.05) is 47.6 Å². The molecule has 0 spiro atoms. The number of rotatable bonds is 4. The van der Waals surface area contributed by atoms with Gasteiger partial charge in [0.05, 0.1) is 0 Å².